The van der Waals surface area contributed by atoms with E-state index in [2.05, 4.69) is 50.0 Å². The zero-order chi connectivity index (χ0) is 11.1. The zero-order valence-corrected chi connectivity index (χ0v) is 9.84. The summed E-state index contributed by atoms with van der Waals surface area (Å²) in [5, 5.41) is 3.47. The fourth-order valence-corrected chi connectivity index (χ4v) is 1.54. The number of anilines is 1. The first-order valence-electron chi connectivity index (χ1n) is 5.80. The second-order valence-corrected chi connectivity index (χ2v) is 3.78. The molecule has 0 fully saturated rings. The van der Waals surface area contributed by atoms with Crippen molar-refractivity contribution in [2.24, 2.45) is 0 Å². The van der Waals surface area contributed by atoms with Crippen LogP contribution in [0.15, 0.2) is 30.8 Å². The lowest BCUT2D eigenvalue weighted by Crippen LogP contribution is -2.03. The number of benzene rings is 1. The van der Waals surface area contributed by atoms with Gasteiger partial charge in [0.25, 0.3) is 0 Å². The Morgan fingerprint density at radius 2 is 2.00 bits per heavy atom. The monoisotopic (exact) mass is 203 g/mol. The molecule has 1 N–H and O–H groups in total. The van der Waals surface area contributed by atoms with Crippen molar-refractivity contribution >= 4 is 11.3 Å². The lowest BCUT2D eigenvalue weighted by atomic mass is 10.0. The van der Waals surface area contributed by atoms with Crippen molar-refractivity contribution in [2.45, 2.75) is 33.1 Å². The summed E-state index contributed by atoms with van der Waals surface area (Å²) in [5.41, 5.74) is 3.68. The Morgan fingerprint density at radius 1 is 1.27 bits per heavy atom. The minimum Gasteiger partial charge on any atom is -0.385 e. The van der Waals surface area contributed by atoms with Crippen LogP contribution >= 0.6 is 0 Å². The van der Waals surface area contributed by atoms with Crippen molar-refractivity contribution in [1.82, 2.24) is 0 Å². The second-order valence-electron chi connectivity index (χ2n) is 3.78. The summed E-state index contributed by atoms with van der Waals surface area (Å²) in [4.78, 5) is 0. The minimum atomic E-state index is 1.01. The summed E-state index contributed by atoms with van der Waals surface area (Å²) in [6.07, 6.45) is 3.45. The molecule has 15 heavy (non-hydrogen) atoms. The van der Waals surface area contributed by atoms with Crippen LogP contribution in [0.1, 0.15) is 38.7 Å². The number of rotatable bonds is 6. The van der Waals surface area contributed by atoms with Gasteiger partial charge in [-0.05, 0) is 24.5 Å². The van der Waals surface area contributed by atoms with Gasteiger partial charge < -0.3 is 5.32 Å². The maximum absolute atomic E-state index is 4.09. The van der Waals surface area contributed by atoms with E-state index in [0.29, 0.717) is 0 Å². The van der Waals surface area contributed by atoms with E-state index in [1.54, 1.807) is 0 Å². The molecule has 0 amide bonds. The second kappa shape index (κ2) is 6.28. The smallest absolute Gasteiger partial charge is 0.0416 e. The van der Waals surface area contributed by atoms with E-state index in [4.69, 9.17) is 0 Å². The summed E-state index contributed by atoms with van der Waals surface area (Å²) in [6, 6.07) is 8.41. The standard InChI is InChI=1S/C14H21N/c1-4-6-11-15-14-10-8-7-9-13(14)12(3)5-2/h7-10,15H,3-6,11H2,1-2H3. The van der Waals surface area contributed by atoms with Crippen LogP contribution in [-0.2, 0) is 0 Å². The van der Waals surface area contributed by atoms with Gasteiger partial charge in [-0.1, -0.05) is 45.0 Å². The molecule has 1 aromatic carbocycles. The summed E-state index contributed by atoms with van der Waals surface area (Å²) >= 11 is 0. The van der Waals surface area contributed by atoms with E-state index >= 15 is 0 Å². The molecule has 0 spiro atoms. The molecule has 0 radical (unpaired) electrons. The van der Waals surface area contributed by atoms with Gasteiger partial charge in [0, 0.05) is 17.8 Å². The Hall–Kier alpha value is -1.24. The molecule has 0 bridgehead atoms. The summed E-state index contributed by atoms with van der Waals surface area (Å²) in [5.74, 6) is 0. The van der Waals surface area contributed by atoms with Crippen molar-refractivity contribution < 1.29 is 0 Å². The maximum atomic E-state index is 4.09. The third-order valence-electron chi connectivity index (χ3n) is 2.58. The molecule has 0 saturated heterocycles. The van der Waals surface area contributed by atoms with Gasteiger partial charge in [0.15, 0.2) is 0 Å². The van der Waals surface area contributed by atoms with E-state index in [-0.39, 0.29) is 0 Å². The lowest BCUT2D eigenvalue weighted by Gasteiger charge is -2.12. The van der Waals surface area contributed by atoms with Gasteiger partial charge in [0.1, 0.15) is 0 Å². The van der Waals surface area contributed by atoms with Gasteiger partial charge in [-0.15, -0.1) is 0 Å². The molecule has 0 aromatic heterocycles. The van der Waals surface area contributed by atoms with Crippen LogP contribution in [-0.4, -0.2) is 6.54 Å². The van der Waals surface area contributed by atoms with Gasteiger partial charge in [-0.2, -0.15) is 0 Å². The molecule has 1 rings (SSSR count). The van der Waals surface area contributed by atoms with Crippen molar-refractivity contribution in [3.05, 3.63) is 36.4 Å². The van der Waals surface area contributed by atoms with Crippen LogP contribution in [0.4, 0.5) is 5.69 Å². The van der Waals surface area contributed by atoms with E-state index in [9.17, 15) is 0 Å². The fourth-order valence-electron chi connectivity index (χ4n) is 1.54. The van der Waals surface area contributed by atoms with Gasteiger partial charge in [0.2, 0.25) is 0 Å². The summed E-state index contributed by atoms with van der Waals surface area (Å²) in [7, 11) is 0. The van der Waals surface area contributed by atoms with Crippen LogP contribution in [0.5, 0.6) is 0 Å². The number of unbranched alkanes of at least 4 members (excludes halogenated alkanes) is 1. The fraction of sp³-hybridized carbons (Fsp3) is 0.429. The van der Waals surface area contributed by atoms with Crippen LogP contribution in [0.25, 0.3) is 5.57 Å². The van der Waals surface area contributed by atoms with Crippen molar-refractivity contribution in [3.63, 3.8) is 0 Å². The third-order valence-corrected chi connectivity index (χ3v) is 2.58. The SMILES string of the molecule is C=C(CC)c1ccccc1NCCCC. The normalized spacial score (nSPS) is 10.0. The van der Waals surface area contributed by atoms with Gasteiger partial charge in [-0.3, -0.25) is 0 Å². The molecule has 0 saturated carbocycles. The first-order valence-corrected chi connectivity index (χ1v) is 5.80. The van der Waals surface area contributed by atoms with E-state index < -0.39 is 0 Å². The predicted molar refractivity (Wildman–Crippen MR) is 69.2 cm³/mol. The summed E-state index contributed by atoms with van der Waals surface area (Å²) in [6.45, 7) is 9.49. The molecule has 0 aliphatic carbocycles. The van der Waals surface area contributed by atoms with Gasteiger partial charge >= 0.3 is 0 Å². The average Bonchev–Trinajstić information content (AvgIpc) is 2.29. The van der Waals surface area contributed by atoms with E-state index in [0.717, 1.165) is 13.0 Å². The summed E-state index contributed by atoms with van der Waals surface area (Å²) < 4.78 is 0. The first-order chi connectivity index (χ1) is 7.29. The molecular weight excluding hydrogens is 182 g/mol. The predicted octanol–water partition coefficient (Wildman–Crippen LogP) is 4.32. The highest BCUT2D eigenvalue weighted by Crippen LogP contribution is 2.24. The van der Waals surface area contributed by atoms with E-state index in [1.807, 2.05) is 0 Å². The third kappa shape index (κ3) is 3.43. The van der Waals surface area contributed by atoms with Gasteiger partial charge in [0.05, 0.1) is 0 Å². The van der Waals surface area contributed by atoms with Crippen LogP contribution in [0.2, 0.25) is 0 Å². The number of hydrogen-bond acceptors (Lipinski definition) is 1. The number of para-hydroxylation sites is 1. The Balaban J connectivity index is 2.73. The Bertz CT molecular complexity index is 315. The van der Waals surface area contributed by atoms with Crippen LogP contribution in [0.3, 0.4) is 0 Å². The highest BCUT2D eigenvalue weighted by molar-refractivity contribution is 5.74. The number of allylic oxidation sites excluding steroid dienone is 1. The minimum absolute atomic E-state index is 1.01. The molecule has 0 aliphatic rings. The quantitative estimate of drug-likeness (QED) is 0.679. The molecule has 1 aromatic rings. The highest BCUT2D eigenvalue weighted by atomic mass is 14.9. The molecule has 82 valence electrons. The number of hydrogen-bond donors (Lipinski definition) is 1. The molecule has 1 heteroatoms. The maximum Gasteiger partial charge on any atom is 0.0416 e. The zero-order valence-electron chi connectivity index (χ0n) is 9.84. The first kappa shape index (κ1) is 11.8. The van der Waals surface area contributed by atoms with Crippen molar-refractivity contribution in [1.29, 1.82) is 0 Å². The average molecular weight is 203 g/mol. The largest absolute Gasteiger partial charge is 0.385 e. The molecule has 0 aliphatic heterocycles. The van der Waals surface area contributed by atoms with E-state index in [1.165, 1.54) is 29.7 Å². The lowest BCUT2D eigenvalue weighted by molar-refractivity contribution is 0.834. The van der Waals surface area contributed by atoms with Crippen molar-refractivity contribution in [2.75, 3.05) is 11.9 Å². The molecule has 1 nitrogen and oxygen atoms in total. The molecule has 0 unspecified atom stereocenters. The van der Waals surface area contributed by atoms with Crippen molar-refractivity contribution in [3.8, 4) is 0 Å². The Kier molecular flexibility index (Phi) is 4.96. The topological polar surface area (TPSA) is 12.0 Å². The highest BCUT2D eigenvalue weighted by Gasteiger charge is 2.02. The van der Waals surface area contributed by atoms with Crippen LogP contribution < -0.4 is 5.32 Å². The molecule has 0 heterocycles. The van der Waals surface area contributed by atoms with Gasteiger partial charge in [-0.25, -0.2) is 0 Å². The number of nitrogens with one attached hydrogen (secondary N) is 1. The Morgan fingerprint density at radius 3 is 2.67 bits per heavy atom. The molecular formula is C14H21N. The Labute approximate surface area is 93.2 Å². The van der Waals surface area contributed by atoms with Crippen LogP contribution in [0, 0.1) is 0 Å². The molecule has 0 atom stereocenters.